The summed E-state index contributed by atoms with van der Waals surface area (Å²) in [6, 6.07) is 0. The maximum atomic E-state index is 12.1. The third-order valence-electron chi connectivity index (χ3n) is 4.65. The molecule has 1 N–H and O–H groups in total. The summed E-state index contributed by atoms with van der Waals surface area (Å²) >= 11 is 0. The van der Waals surface area contributed by atoms with Gasteiger partial charge in [-0.1, -0.05) is 0 Å². The normalized spacial score (nSPS) is 17.4. The highest BCUT2D eigenvalue weighted by atomic mass is 16.1. The molecule has 6 nitrogen and oxygen atoms in total. The van der Waals surface area contributed by atoms with Crippen molar-refractivity contribution in [3.63, 3.8) is 0 Å². The zero-order valence-electron chi connectivity index (χ0n) is 13.6. The van der Waals surface area contributed by atoms with E-state index in [4.69, 9.17) is 6.42 Å². The lowest BCUT2D eigenvalue weighted by Crippen LogP contribution is -2.25. The molecule has 23 heavy (non-hydrogen) atoms. The molecule has 0 bridgehead atoms. The fourth-order valence-corrected chi connectivity index (χ4v) is 3.20. The lowest BCUT2D eigenvalue weighted by Gasteiger charge is -2.16. The van der Waals surface area contributed by atoms with Crippen LogP contribution in [0.3, 0.4) is 0 Å². The van der Waals surface area contributed by atoms with Crippen molar-refractivity contribution in [2.45, 2.75) is 70.6 Å². The molecule has 1 aromatic heterocycles. The van der Waals surface area contributed by atoms with Crippen LogP contribution in [0.15, 0.2) is 10.2 Å². The second-order valence-electron chi connectivity index (χ2n) is 6.32. The number of carbonyl (C=O) groups is 1. The van der Waals surface area contributed by atoms with Crippen LogP contribution < -0.4 is 5.32 Å². The molecule has 2 aliphatic rings. The Labute approximate surface area is 136 Å². The molecule has 0 fully saturated rings. The zero-order chi connectivity index (χ0) is 16.3. The Kier molecular flexibility index (Phi) is 4.46. The van der Waals surface area contributed by atoms with Gasteiger partial charge in [-0.05, 0) is 26.2 Å². The Balaban J connectivity index is 1.47. The number of terminal acetylenes is 1. The summed E-state index contributed by atoms with van der Waals surface area (Å²) in [5.74, 6) is 3.67. The molecule has 0 saturated heterocycles. The minimum Gasteiger partial charge on any atom is -0.350 e. The summed E-state index contributed by atoms with van der Waals surface area (Å²) in [4.78, 5) is 16.7. The molecule has 0 atom stereocenters. The van der Waals surface area contributed by atoms with E-state index >= 15 is 0 Å². The summed E-state index contributed by atoms with van der Waals surface area (Å²) in [5.41, 5.74) is 1.92. The number of nitrogens with one attached hydrogen (secondary N) is 1. The highest BCUT2D eigenvalue weighted by Gasteiger charge is 2.39. The predicted molar refractivity (Wildman–Crippen MR) is 86.6 cm³/mol. The SMILES string of the molecule is C#CCCC1(CCC(=O)NCc2nc(C)n3c2CCCC3)N=N1. The van der Waals surface area contributed by atoms with Crippen LogP contribution >= 0.6 is 0 Å². The Morgan fingerprint density at radius 3 is 2.96 bits per heavy atom. The summed E-state index contributed by atoms with van der Waals surface area (Å²) in [6.45, 7) is 3.59. The van der Waals surface area contributed by atoms with E-state index in [-0.39, 0.29) is 11.6 Å². The lowest BCUT2D eigenvalue weighted by molar-refractivity contribution is -0.121. The Morgan fingerprint density at radius 2 is 2.22 bits per heavy atom. The number of nitrogens with zero attached hydrogens (tertiary/aromatic N) is 4. The van der Waals surface area contributed by atoms with Crippen LogP contribution in [-0.2, 0) is 24.3 Å². The molecule has 2 aliphatic heterocycles. The van der Waals surface area contributed by atoms with E-state index < -0.39 is 0 Å². The van der Waals surface area contributed by atoms with Gasteiger partial charge in [0.1, 0.15) is 5.82 Å². The fourth-order valence-electron chi connectivity index (χ4n) is 3.20. The summed E-state index contributed by atoms with van der Waals surface area (Å²) in [6.07, 6.45) is 11.2. The van der Waals surface area contributed by atoms with Crippen LogP contribution in [0.1, 0.15) is 55.7 Å². The number of hydrogen-bond acceptors (Lipinski definition) is 4. The van der Waals surface area contributed by atoms with Crippen molar-refractivity contribution in [2.24, 2.45) is 10.2 Å². The molecule has 0 spiro atoms. The lowest BCUT2D eigenvalue weighted by atomic mass is 10.0. The van der Waals surface area contributed by atoms with Crippen LogP contribution in [0.4, 0.5) is 0 Å². The smallest absolute Gasteiger partial charge is 0.220 e. The van der Waals surface area contributed by atoms with E-state index in [0.29, 0.717) is 25.8 Å². The van der Waals surface area contributed by atoms with Crippen molar-refractivity contribution >= 4 is 5.91 Å². The fraction of sp³-hybridized carbons (Fsp3) is 0.647. The molecular formula is C17H23N5O. The van der Waals surface area contributed by atoms with E-state index in [0.717, 1.165) is 30.9 Å². The van der Waals surface area contributed by atoms with Gasteiger partial charge in [-0.25, -0.2) is 4.98 Å². The van der Waals surface area contributed by atoms with Crippen LogP contribution in [0.2, 0.25) is 0 Å². The molecule has 1 amide bonds. The highest BCUT2D eigenvalue weighted by Crippen LogP contribution is 2.37. The van der Waals surface area contributed by atoms with E-state index in [1.165, 1.54) is 18.5 Å². The van der Waals surface area contributed by atoms with Gasteiger partial charge in [-0.15, -0.1) is 12.3 Å². The number of rotatable bonds is 7. The third kappa shape index (κ3) is 3.61. The number of hydrogen-bond donors (Lipinski definition) is 1. The molecule has 0 aromatic carbocycles. The van der Waals surface area contributed by atoms with E-state index in [9.17, 15) is 4.79 Å². The van der Waals surface area contributed by atoms with Gasteiger partial charge in [0.15, 0.2) is 5.66 Å². The molecule has 0 radical (unpaired) electrons. The number of fused-ring (bicyclic) bond motifs is 1. The molecular weight excluding hydrogens is 290 g/mol. The quantitative estimate of drug-likeness (QED) is 0.786. The van der Waals surface area contributed by atoms with Gasteiger partial charge in [0.25, 0.3) is 0 Å². The van der Waals surface area contributed by atoms with Gasteiger partial charge < -0.3 is 9.88 Å². The minimum absolute atomic E-state index is 0.0256. The summed E-state index contributed by atoms with van der Waals surface area (Å²) in [7, 11) is 0. The molecule has 3 heterocycles. The first-order chi connectivity index (χ1) is 11.1. The third-order valence-corrected chi connectivity index (χ3v) is 4.65. The monoisotopic (exact) mass is 313 g/mol. The van der Waals surface area contributed by atoms with Crippen molar-refractivity contribution in [3.8, 4) is 12.3 Å². The van der Waals surface area contributed by atoms with Crippen molar-refractivity contribution in [2.75, 3.05) is 0 Å². The maximum absolute atomic E-state index is 12.1. The second-order valence-corrected chi connectivity index (χ2v) is 6.32. The molecule has 122 valence electrons. The highest BCUT2D eigenvalue weighted by molar-refractivity contribution is 5.76. The largest absolute Gasteiger partial charge is 0.350 e. The van der Waals surface area contributed by atoms with Gasteiger partial charge in [0.05, 0.1) is 12.2 Å². The number of imidazole rings is 1. The average molecular weight is 313 g/mol. The van der Waals surface area contributed by atoms with Crippen molar-refractivity contribution in [1.82, 2.24) is 14.9 Å². The van der Waals surface area contributed by atoms with Gasteiger partial charge >= 0.3 is 0 Å². The average Bonchev–Trinajstić information content (AvgIpc) is 3.28. The van der Waals surface area contributed by atoms with Crippen molar-refractivity contribution < 1.29 is 4.79 Å². The predicted octanol–water partition coefficient (Wildman–Crippen LogP) is 2.50. The van der Waals surface area contributed by atoms with Gasteiger partial charge in [0, 0.05) is 37.9 Å². The van der Waals surface area contributed by atoms with Crippen molar-refractivity contribution in [1.29, 1.82) is 0 Å². The zero-order valence-corrected chi connectivity index (χ0v) is 13.6. The number of amides is 1. The molecule has 0 aliphatic carbocycles. The van der Waals surface area contributed by atoms with Crippen LogP contribution in [0, 0.1) is 19.3 Å². The number of aromatic nitrogens is 2. The van der Waals surface area contributed by atoms with Gasteiger partial charge in [-0.3, -0.25) is 4.79 Å². The minimum atomic E-state index is -0.381. The van der Waals surface area contributed by atoms with Crippen LogP contribution in [0.25, 0.3) is 0 Å². The first kappa shape index (κ1) is 15.7. The standard InChI is InChI=1S/C17H23N5O/c1-3-4-9-17(20-21-17)10-8-16(23)18-12-14-15-7-5-6-11-22(15)13(2)19-14/h1H,4-12H2,2H3,(H,18,23). The Bertz CT molecular complexity index is 661. The van der Waals surface area contributed by atoms with Crippen LogP contribution in [-0.4, -0.2) is 21.1 Å². The van der Waals surface area contributed by atoms with Gasteiger partial charge in [-0.2, -0.15) is 10.2 Å². The van der Waals surface area contributed by atoms with Gasteiger partial charge in [0.2, 0.25) is 5.91 Å². The summed E-state index contributed by atoms with van der Waals surface area (Å²) < 4.78 is 2.28. The second kappa shape index (κ2) is 6.53. The first-order valence-electron chi connectivity index (χ1n) is 8.33. The molecule has 3 rings (SSSR count). The molecule has 6 heteroatoms. The molecule has 0 unspecified atom stereocenters. The van der Waals surface area contributed by atoms with E-state index in [1.54, 1.807) is 0 Å². The maximum Gasteiger partial charge on any atom is 0.220 e. The topological polar surface area (TPSA) is 71.6 Å². The molecule has 1 aromatic rings. The Morgan fingerprint density at radius 1 is 1.39 bits per heavy atom. The molecule has 0 saturated carbocycles. The van der Waals surface area contributed by atoms with E-state index in [2.05, 4.69) is 31.0 Å². The first-order valence-corrected chi connectivity index (χ1v) is 8.33. The number of aryl methyl sites for hydroxylation is 1. The number of carbonyl (C=O) groups excluding carboxylic acids is 1. The van der Waals surface area contributed by atoms with E-state index in [1.807, 2.05) is 6.92 Å². The Hall–Kier alpha value is -2.16. The van der Waals surface area contributed by atoms with Crippen molar-refractivity contribution in [3.05, 3.63) is 17.2 Å². The summed E-state index contributed by atoms with van der Waals surface area (Å²) in [5, 5.41) is 11.1. The van der Waals surface area contributed by atoms with Crippen LogP contribution in [0.5, 0.6) is 0 Å².